The Kier molecular flexibility index (Phi) is 3.95. The lowest BCUT2D eigenvalue weighted by Gasteiger charge is -2.17. The van der Waals surface area contributed by atoms with E-state index in [0.717, 1.165) is 22.6 Å². The third-order valence-electron chi connectivity index (χ3n) is 2.77. The lowest BCUT2D eigenvalue weighted by atomic mass is 10.4. The Morgan fingerprint density at radius 1 is 1.40 bits per heavy atom. The summed E-state index contributed by atoms with van der Waals surface area (Å²) in [4.78, 5) is 24.5. The van der Waals surface area contributed by atoms with Crippen LogP contribution in [0.5, 0.6) is 0 Å². The molecule has 1 fully saturated rings. The molecule has 1 aliphatic heterocycles. The maximum absolute atomic E-state index is 12.3. The summed E-state index contributed by atoms with van der Waals surface area (Å²) >= 11 is 0. The van der Waals surface area contributed by atoms with Gasteiger partial charge in [-0.2, -0.15) is 4.31 Å². The van der Waals surface area contributed by atoms with Gasteiger partial charge in [-0.15, -0.1) is 0 Å². The van der Waals surface area contributed by atoms with Crippen molar-refractivity contribution < 1.29 is 18.1 Å². The highest BCUT2D eigenvalue weighted by molar-refractivity contribution is 7.89. The van der Waals surface area contributed by atoms with Crippen molar-refractivity contribution >= 4 is 21.7 Å². The third-order valence-corrected chi connectivity index (χ3v) is 4.60. The second-order valence-corrected chi connectivity index (χ2v) is 6.09. The summed E-state index contributed by atoms with van der Waals surface area (Å²) in [6, 6.07) is 2.13. The first kappa shape index (κ1) is 14.3. The van der Waals surface area contributed by atoms with Crippen LogP contribution in [-0.2, 0) is 14.8 Å². The molecule has 1 saturated heterocycles. The van der Waals surface area contributed by atoms with E-state index in [9.17, 15) is 23.3 Å². The second-order valence-electron chi connectivity index (χ2n) is 4.15. The number of nitrogens with one attached hydrogen (secondary N) is 1. The highest BCUT2D eigenvalue weighted by Crippen LogP contribution is 2.18. The molecular weight excluding hydrogens is 288 g/mol. The fourth-order valence-electron chi connectivity index (χ4n) is 1.77. The number of rotatable bonds is 3. The summed E-state index contributed by atoms with van der Waals surface area (Å²) in [5.41, 5.74) is 0. The Morgan fingerprint density at radius 2 is 2.15 bits per heavy atom. The quantitative estimate of drug-likeness (QED) is 0.593. The molecule has 2 rings (SSSR count). The van der Waals surface area contributed by atoms with Gasteiger partial charge in [0.25, 0.3) is 0 Å². The van der Waals surface area contributed by atoms with E-state index in [2.05, 4.69) is 10.3 Å². The van der Waals surface area contributed by atoms with Crippen LogP contribution in [0.2, 0.25) is 0 Å². The molecule has 0 spiro atoms. The lowest BCUT2D eigenvalue weighted by molar-refractivity contribution is -0.389. The van der Waals surface area contributed by atoms with Crippen molar-refractivity contribution in [3.8, 4) is 0 Å². The van der Waals surface area contributed by atoms with Crippen LogP contribution in [0.4, 0.5) is 5.82 Å². The smallest absolute Gasteiger partial charge is 0.358 e. The molecule has 1 aromatic heterocycles. The van der Waals surface area contributed by atoms with E-state index in [1.54, 1.807) is 0 Å². The Labute approximate surface area is 114 Å². The highest BCUT2D eigenvalue weighted by Gasteiger charge is 2.29. The van der Waals surface area contributed by atoms with E-state index < -0.39 is 20.8 Å². The number of pyridine rings is 1. The summed E-state index contributed by atoms with van der Waals surface area (Å²) < 4.78 is 25.6. The van der Waals surface area contributed by atoms with E-state index >= 15 is 0 Å². The molecule has 1 aromatic rings. The van der Waals surface area contributed by atoms with Crippen LogP contribution in [0.3, 0.4) is 0 Å². The number of aromatic nitrogens is 1. The van der Waals surface area contributed by atoms with Crippen LogP contribution in [-0.4, -0.2) is 48.2 Å². The summed E-state index contributed by atoms with van der Waals surface area (Å²) in [5, 5.41) is 13.1. The number of carbonyl (C=O) groups excluding carboxylic acids is 1. The van der Waals surface area contributed by atoms with Crippen LogP contribution >= 0.6 is 0 Å². The fraction of sp³-hybridized carbons (Fsp3) is 0.400. The summed E-state index contributed by atoms with van der Waals surface area (Å²) in [6.45, 7) is 0.362. The number of sulfonamides is 1. The third kappa shape index (κ3) is 2.91. The molecule has 20 heavy (non-hydrogen) atoms. The molecule has 0 aromatic carbocycles. The van der Waals surface area contributed by atoms with Crippen molar-refractivity contribution in [1.82, 2.24) is 14.6 Å². The average Bonchev–Trinajstić information content (AvgIpc) is 2.64. The molecule has 1 N–H and O–H groups in total. The van der Waals surface area contributed by atoms with Gasteiger partial charge in [-0.3, -0.25) is 4.79 Å². The average molecular weight is 300 g/mol. The standard InChI is InChI=1S/C10H12N4O5S/c15-10-7-13(5-1-4-11-10)20(18,19)8-2-3-9(12-6-8)14(16)17/h2-3,6H,1,4-5,7H2,(H,11,15). The van der Waals surface area contributed by atoms with Crippen molar-refractivity contribution in [3.05, 3.63) is 28.4 Å². The predicted octanol–water partition coefficient (Wildman–Crippen LogP) is -0.500. The largest absolute Gasteiger partial charge is 0.363 e. The zero-order valence-electron chi connectivity index (χ0n) is 10.4. The van der Waals surface area contributed by atoms with E-state index in [0.29, 0.717) is 13.0 Å². The minimum Gasteiger partial charge on any atom is -0.358 e. The van der Waals surface area contributed by atoms with Crippen LogP contribution < -0.4 is 5.32 Å². The number of hydrogen-bond donors (Lipinski definition) is 1. The molecule has 108 valence electrons. The highest BCUT2D eigenvalue weighted by atomic mass is 32.2. The summed E-state index contributed by atoms with van der Waals surface area (Å²) in [6.07, 6.45) is 1.43. The minimum atomic E-state index is -3.87. The van der Waals surface area contributed by atoms with Gasteiger partial charge in [0.2, 0.25) is 15.9 Å². The maximum Gasteiger partial charge on any atom is 0.363 e. The van der Waals surface area contributed by atoms with Crippen molar-refractivity contribution in [2.45, 2.75) is 11.3 Å². The Morgan fingerprint density at radius 3 is 2.75 bits per heavy atom. The molecule has 2 heterocycles. The molecule has 0 radical (unpaired) electrons. The zero-order chi connectivity index (χ0) is 14.8. The van der Waals surface area contributed by atoms with Gasteiger partial charge in [-0.25, -0.2) is 8.42 Å². The van der Waals surface area contributed by atoms with Gasteiger partial charge >= 0.3 is 5.82 Å². The maximum atomic E-state index is 12.3. The van der Waals surface area contributed by atoms with Gasteiger partial charge in [0.1, 0.15) is 4.90 Å². The molecule has 10 heteroatoms. The number of carbonyl (C=O) groups is 1. The van der Waals surface area contributed by atoms with Crippen LogP contribution in [0.1, 0.15) is 6.42 Å². The van der Waals surface area contributed by atoms with E-state index in [4.69, 9.17) is 0 Å². The first-order valence-corrected chi connectivity index (χ1v) is 7.22. The molecule has 0 unspecified atom stereocenters. The molecule has 1 aliphatic rings. The van der Waals surface area contributed by atoms with E-state index in [1.165, 1.54) is 0 Å². The Balaban J connectivity index is 2.29. The molecular formula is C10H12N4O5S. The van der Waals surface area contributed by atoms with Crippen molar-refractivity contribution in [3.63, 3.8) is 0 Å². The van der Waals surface area contributed by atoms with Crippen LogP contribution in [0.15, 0.2) is 23.2 Å². The Hall–Kier alpha value is -2.07. The molecule has 1 amide bonds. The minimum absolute atomic E-state index is 0.169. The van der Waals surface area contributed by atoms with Crippen LogP contribution in [0.25, 0.3) is 0 Å². The SMILES string of the molecule is O=C1CN(S(=O)(=O)c2ccc([N+](=O)[O-])nc2)CCCN1. The number of nitro groups is 1. The number of hydrogen-bond acceptors (Lipinski definition) is 6. The van der Waals surface area contributed by atoms with Gasteiger partial charge in [0.15, 0.2) is 6.20 Å². The predicted molar refractivity (Wildman–Crippen MR) is 67.3 cm³/mol. The molecule has 0 saturated carbocycles. The van der Waals surface area contributed by atoms with E-state index in [-0.39, 0.29) is 23.9 Å². The fourth-order valence-corrected chi connectivity index (χ4v) is 3.15. The molecule has 9 nitrogen and oxygen atoms in total. The first-order chi connectivity index (χ1) is 9.41. The monoisotopic (exact) mass is 300 g/mol. The van der Waals surface area contributed by atoms with Gasteiger partial charge in [0, 0.05) is 19.2 Å². The van der Waals surface area contributed by atoms with Gasteiger partial charge in [-0.1, -0.05) is 0 Å². The second kappa shape index (κ2) is 5.51. The summed E-state index contributed by atoms with van der Waals surface area (Å²) in [7, 11) is -3.87. The zero-order valence-corrected chi connectivity index (χ0v) is 11.2. The topological polar surface area (TPSA) is 123 Å². The van der Waals surface area contributed by atoms with Gasteiger partial charge < -0.3 is 15.4 Å². The van der Waals surface area contributed by atoms with Crippen molar-refractivity contribution in [1.29, 1.82) is 0 Å². The Bertz CT molecular complexity index is 628. The normalized spacial score (nSPS) is 17.3. The first-order valence-electron chi connectivity index (χ1n) is 5.78. The van der Waals surface area contributed by atoms with E-state index in [1.807, 2.05) is 0 Å². The summed E-state index contributed by atoms with van der Waals surface area (Å²) in [5.74, 6) is -0.807. The molecule has 0 aliphatic carbocycles. The molecule has 0 atom stereocenters. The molecule has 0 bridgehead atoms. The number of nitrogens with zero attached hydrogens (tertiary/aromatic N) is 3. The van der Waals surface area contributed by atoms with Gasteiger partial charge in [-0.05, 0) is 22.4 Å². The lowest BCUT2D eigenvalue weighted by Crippen LogP contribution is -2.37. The number of amides is 1. The van der Waals surface area contributed by atoms with Crippen LogP contribution in [0, 0.1) is 10.1 Å². The van der Waals surface area contributed by atoms with Crippen molar-refractivity contribution in [2.75, 3.05) is 19.6 Å². The van der Waals surface area contributed by atoms with Crippen molar-refractivity contribution in [2.24, 2.45) is 0 Å². The van der Waals surface area contributed by atoms with Gasteiger partial charge in [0.05, 0.1) is 6.54 Å².